The minimum absolute atomic E-state index is 0.174. The molecular formula is C14H17N5O. The summed E-state index contributed by atoms with van der Waals surface area (Å²) in [7, 11) is 0. The summed E-state index contributed by atoms with van der Waals surface area (Å²) < 4.78 is 7.71. The molecule has 1 atom stereocenters. The summed E-state index contributed by atoms with van der Waals surface area (Å²) in [5.74, 6) is 1.46. The smallest absolute Gasteiger partial charge is 0.322 e. The Balaban J connectivity index is 1.93. The van der Waals surface area contributed by atoms with E-state index in [-0.39, 0.29) is 6.04 Å². The van der Waals surface area contributed by atoms with Crippen LogP contribution in [0.2, 0.25) is 0 Å². The van der Waals surface area contributed by atoms with Crippen molar-refractivity contribution in [2.75, 3.05) is 0 Å². The fraction of sp³-hybridized carbons (Fsp3) is 0.286. The van der Waals surface area contributed by atoms with Gasteiger partial charge >= 0.3 is 6.01 Å². The average molecular weight is 271 g/mol. The zero-order valence-electron chi connectivity index (χ0n) is 11.5. The molecule has 20 heavy (non-hydrogen) atoms. The van der Waals surface area contributed by atoms with Gasteiger partial charge in [-0.2, -0.15) is 0 Å². The number of fused-ring (bicyclic) bond motifs is 1. The fourth-order valence-electron chi connectivity index (χ4n) is 2.21. The van der Waals surface area contributed by atoms with Gasteiger partial charge < -0.3 is 15.5 Å². The first-order valence-corrected chi connectivity index (χ1v) is 6.62. The Morgan fingerprint density at radius 3 is 2.95 bits per heavy atom. The Hall–Kier alpha value is -2.34. The number of aromatic amines is 1. The van der Waals surface area contributed by atoms with Crippen LogP contribution in [0.4, 0.5) is 0 Å². The minimum atomic E-state index is -0.174. The molecule has 0 unspecified atom stereocenters. The maximum Gasteiger partial charge on any atom is 0.322 e. The van der Waals surface area contributed by atoms with Gasteiger partial charge in [0.25, 0.3) is 0 Å². The second-order valence-electron chi connectivity index (χ2n) is 4.70. The van der Waals surface area contributed by atoms with E-state index in [0.29, 0.717) is 12.6 Å². The molecule has 0 saturated heterocycles. The summed E-state index contributed by atoms with van der Waals surface area (Å²) in [4.78, 5) is 3.15. The highest BCUT2D eigenvalue weighted by molar-refractivity contribution is 5.80. The summed E-state index contributed by atoms with van der Waals surface area (Å²) >= 11 is 0. The number of nitrogens with one attached hydrogen (secondary N) is 1. The van der Waals surface area contributed by atoms with Crippen LogP contribution in [-0.2, 0) is 6.54 Å². The van der Waals surface area contributed by atoms with Crippen molar-refractivity contribution in [2.24, 2.45) is 5.73 Å². The van der Waals surface area contributed by atoms with Crippen molar-refractivity contribution in [3.05, 3.63) is 36.3 Å². The lowest BCUT2D eigenvalue weighted by molar-refractivity contribution is 0.409. The molecule has 0 spiro atoms. The molecule has 0 saturated carbocycles. The third-order valence-electron chi connectivity index (χ3n) is 3.20. The average Bonchev–Trinajstić information content (AvgIpc) is 3.04. The Kier molecular flexibility index (Phi) is 3.15. The second kappa shape index (κ2) is 4.97. The van der Waals surface area contributed by atoms with E-state index < -0.39 is 0 Å². The van der Waals surface area contributed by atoms with Crippen LogP contribution < -0.4 is 10.5 Å². The lowest BCUT2D eigenvalue weighted by Gasteiger charge is -2.10. The Morgan fingerprint density at radius 2 is 2.20 bits per heavy atom. The molecule has 0 fully saturated rings. The van der Waals surface area contributed by atoms with Crippen molar-refractivity contribution in [2.45, 2.75) is 26.4 Å². The molecule has 1 aromatic carbocycles. The molecule has 0 bridgehead atoms. The summed E-state index contributed by atoms with van der Waals surface area (Å²) in [5.41, 5.74) is 6.95. The molecule has 3 N–H and O–H groups in total. The van der Waals surface area contributed by atoms with Crippen molar-refractivity contribution in [1.29, 1.82) is 0 Å². The van der Waals surface area contributed by atoms with Crippen LogP contribution in [0.3, 0.4) is 0 Å². The van der Waals surface area contributed by atoms with Gasteiger partial charge in [0, 0.05) is 23.6 Å². The van der Waals surface area contributed by atoms with Gasteiger partial charge in [-0.05, 0) is 38.1 Å². The molecule has 0 aliphatic heterocycles. The number of H-pyrrole nitrogens is 1. The molecule has 2 heterocycles. The van der Waals surface area contributed by atoms with Crippen LogP contribution >= 0.6 is 0 Å². The molecular weight excluding hydrogens is 254 g/mol. The maximum absolute atomic E-state index is 5.87. The third kappa shape index (κ3) is 2.14. The van der Waals surface area contributed by atoms with Crippen LogP contribution in [-0.4, -0.2) is 19.7 Å². The van der Waals surface area contributed by atoms with Crippen molar-refractivity contribution in [3.63, 3.8) is 0 Å². The molecule has 0 aliphatic carbocycles. The number of aromatic nitrogens is 4. The van der Waals surface area contributed by atoms with Crippen LogP contribution in [0, 0.1) is 0 Å². The quantitative estimate of drug-likeness (QED) is 0.764. The summed E-state index contributed by atoms with van der Waals surface area (Å²) in [5, 5.41) is 9.26. The number of nitrogens with zero attached hydrogens (tertiary/aromatic N) is 3. The lowest BCUT2D eigenvalue weighted by atomic mass is 10.2. The highest BCUT2D eigenvalue weighted by Crippen LogP contribution is 2.25. The normalized spacial score (nSPS) is 12.8. The standard InChI is InChI=1S/C14H17N5O/c1-3-19-13(9(2)15)17-18-14(19)20-11-4-5-12-10(8-11)6-7-16-12/h4-9,16H,3,15H2,1-2H3/t9-/m1/s1. The van der Waals surface area contributed by atoms with Gasteiger partial charge in [0.15, 0.2) is 5.82 Å². The van der Waals surface area contributed by atoms with E-state index in [9.17, 15) is 0 Å². The van der Waals surface area contributed by atoms with Crippen LogP contribution in [0.1, 0.15) is 25.7 Å². The summed E-state index contributed by atoms with van der Waals surface area (Å²) in [6.45, 7) is 4.61. The van der Waals surface area contributed by atoms with E-state index in [0.717, 1.165) is 22.5 Å². The SMILES string of the molecule is CCn1c(Oc2ccc3[nH]ccc3c2)nnc1[C@@H](C)N. The Morgan fingerprint density at radius 1 is 1.35 bits per heavy atom. The zero-order chi connectivity index (χ0) is 14.1. The van der Waals surface area contributed by atoms with E-state index in [4.69, 9.17) is 10.5 Å². The molecule has 3 rings (SSSR count). The van der Waals surface area contributed by atoms with Crippen molar-refractivity contribution in [3.8, 4) is 11.8 Å². The number of rotatable bonds is 4. The topological polar surface area (TPSA) is 81.8 Å². The van der Waals surface area contributed by atoms with E-state index in [2.05, 4.69) is 15.2 Å². The largest absolute Gasteiger partial charge is 0.424 e. The fourth-order valence-corrected chi connectivity index (χ4v) is 2.21. The van der Waals surface area contributed by atoms with Crippen LogP contribution in [0.25, 0.3) is 10.9 Å². The molecule has 6 heteroatoms. The lowest BCUT2D eigenvalue weighted by Crippen LogP contribution is -2.13. The van der Waals surface area contributed by atoms with E-state index in [1.54, 1.807) is 0 Å². The van der Waals surface area contributed by atoms with Crippen LogP contribution in [0.5, 0.6) is 11.8 Å². The molecule has 0 amide bonds. The molecule has 2 aromatic heterocycles. The Bertz CT molecular complexity index is 728. The molecule has 104 valence electrons. The second-order valence-corrected chi connectivity index (χ2v) is 4.70. The molecule has 0 aliphatic rings. The summed E-state index contributed by atoms with van der Waals surface area (Å²) in [6, 6.07) is 8.14. The molecule has 6 nitrogen and oxygen atoms in total. The number of nitrogens with two attached hydrogens (primary N) is 1. The monoisotopic (exact) mass is 271 g/mol. The van der Waals surface area contributed by atoms with Crippen molar-refractivity contribution >= 4 is 10.9 Å². The van der Waals surface area contributed by atoms with Crippen LogP contribution in [0.15, 0.2) is 30.5 Å². The minimum Gasteiger partial charge on any atom is -0.424 e. The number of hydrogen-bond acceptors (Lipinski definition) is 4. The zero-order valence-corrected chi connectivity index (χ0v) is 11.5. The van der Waals surface area contributed by atoms with Gasteiger partial charge in [0.1, 0.15) is 5.75 Å². The number of benzene rings is 1. The van der Waals surface area contributed by atoms with E-state index in [1.165, 1.54) is 0 Å². The maximum atomic E-state index is 5.87. The van der Waals surface area contributed by atoms with Gasteiger partial charge in [-0.1, -0.05) is 5.10 Å². The van der Waals surface area contributed by atoms with Gasteiger partial charge in [-0.15, -0.1) is 5.10 Å². The highest BCUT2D eigenvalue weighted by atomic mass is 16.5. The molecule has 3 aromatic rings. The summed E-state index contributed by atoms with van der Waals surface area (Å²) in [6.07, 6.45) is 1.90. The van der Waals surface area contributed by atoms with E-state index in [1.807, 2.05) is 48.9 Å². The highest BCUT2D eigenvalue weighted by Gasteiger charge is 2.15. The van der Waals surface area contributed by atoms with Crippen molar-refractivity contribution in [1.82, 2.24) is 19.7 Å². The Labute approximate surface area is 116 Å². The third-order valence-corrected chi connectivity index (χ3v) is 3.20. The van der Waals surface area contributed by atoms with Gasteiger partial charge in [0.2, 0.25) is 0 Å². The van der Waals surface area contributed by atoms with Gasteiger partial charge in [0.05, 0.1) is 6.04 Å². The van der Waals surface area contributed by atoms with Gasteiger partial charge in [-0.25, -0.2) is 0 Å². The molecule has 0 radical (unpaired) electrons. The first kappa shape index (κ1) is 12.7. The van der Waals surface area contributed by atoms with Gasteiger partial charge in [-0.3, -0.25) is 4.57 Å². The first-order chi connectivity index (χ1) is 9.69. The number of hydrogen-bond donors (Lipinski definition) is 2. The predicted octanol–water partition coefficient (Wildman–Crippen LogP) is 2.59. The predicted molar refractivity (Wildman–Crippen MR) is 76.7 cm³/mol. The first-order valence-electron chi connectivity index (χ1n) is 6.62. The van der Waals surface area contributed by atoms with E-state index >= 15 is 0 Å². The van der Waals surface area contributed by atoms with Crippen molar-refractivity contribution < 1.29 is 4.74 Å². The number of ether oxygens (including phenoxy) is 1.